The molecule has 0 aromatic heterocycles. The first-order valence-corrected chi connectivity index (χ1v) is 7.78. The summed E-state index contributed by atoms with van der Waals surface area (Å²) < 4.78 is 7.05. The molecule has 0 spiro atoms. The van der Waals surface area contributed by atoms with Crippen molar-refractivity contribution in [1.29, 1.82) is 0 Å². The molecule has 2 heteroatoms. The van der Waals surface area contributed by atoms with Crippen LogP contribution in [0.1, 0.15) is 98.2 Å². The van der Waals surface area contributed by atoms with Gasteiger partial charge >= 0.3 is 5.97 Å². The smallest absolute Gasteiger partial charge is 0.303 e. The summed E-state index contributed by atoms with van der Waals surface area (Å²) in [7, 11) is 0. The molecule has 0 atom stereocenters. The van der Waals surface area contributed by atoms with Crippen LogP contribution in [-0.4, -0.2) is 11.1 Å². The summed E-state index contributed by atoms with van der Waals surface area (Å²) in [6.07, 6.45) is 16.4. The van der Waals surface area contributed by atoms with Gasteiger partial charge in [-0.15, -0.1) is 0 Å². The summed E-state index contributed by atoms with van der Waals surface area (Å²) in [6, 6.07) is 0. The average molecular weight is 257 g/mol. The second-order valence-corrected chi connectivity index (χ2v) is 5.24. The van der Waals surface area contributed by atoms with E-state index >= 15 is 0 Å². The number of carboxylic acids is 1. The standard InChI is InChI=1S/C16H32O2/c1-2-3-4-5-6-7-8-9-10-11-12-13-14-15-16(17)18/h2-15H2,1H3,(H,17,18)/i1D. The van der Waals surface area contributed by atoms with Crippen LogP contribution in [-0.2, 0) is 4.79 Å². The maximum absolute atomic E-state index is 10.3. The number of hydrogen-bond acceptors (Lipinski definition) is 1. The quantitative estimate of drug-likeness (QED) is 0.414. The van der Waals surface area contributed by atoms with Gasteiger partial charge in [0.15, 0.2) is 0 Å². The largest absolute Gasteiger partial charge is 0.481 e. The molecular formula is C16H32O2. The second kappa shape index (κ2) is 14.5. The van der Waals surface area contributed by atoms with Gasteiger partial charge in [0.2, 0.25) is 0 Å². The van der Waals surface area contributed by atoms with Crippen molar-refractivity contribution in [3.63, 3.8) is 0 Å². The van der Waals surface area contributed by atoms with Gasteiger partial charge in [0.05, 0.1) is 0 Å². The van der Waals surface area contributed by atoms with Crippen molar-refractivity contribution in [1.82, 2.24) is 0 Å². The topological polar surface area (TPSA) is 37.3 Å². The second-order valence-electron chi connectivity index (χ2n) is 5.24. The third-order valence-corrected chi connectivity index (χ3v) is 3.39. The molecule has 0 aromatic carbocycles. The lowest BCUT2D eigenvalue weighted by Gasteiger charge is -2.02. The summed E-state index contributed by atoms with van der Waals surface area (Å²) in [5.41, 5.74) is 0. The van der Waals surface area contributed by atoms with Crippen LogP contribution in [0, 0.1) is 0 Å². The Kier molecular flexibility index (Phi) is 12.5. The molecule has 0 heterocycles. The van der Waals surface area contributed by atoms with E-state index < -0.39 is 5.97 Å². The predicted molar refractivity (Wildman–Crippen MR) is 77.9 cm³/mol. The highest BCUT2D eigenvalue weighted by atomic mass is 16.4. The van der Waals surface area contributed by atoms with E-state index in [-0.39, 0.29) is 0 Å². The third-order valence-electron chi connectivity index (χ3n) is 3.39. The van der Waals surface area contributed by atoms with Gasteiger partial charge in [-0.2, -0.15) is 0 Å². The lowest BCUT2D eigenvalue weighted by molar-refractivity contribution is -0.137. The van der Waals surface area contributed by atoms with Gasteiger partial charge in [0.1, 0.15) is 0 Å². The van der Waals surface area contributed by atoms with Gasteiger partial charge in [0, 0.05) is 7.79 Å². The zero-order chi connectivity index (χ0) is 14.2. The van der Waals surface area contributed by atoms with Crippen LogP contribution in [0.2, 0.25) is 0 Å². The fourth-order valence-corrected chi connectivity index (χ4v) is 2.22. The minimum atomic E-state index is -0.664. The molecular weight excluding hydrogens is 224 g/mol. The number of hydrogen-bond donors (Lipinski definition) is 1. The van der Waals surface area contributed by atoms with Crippen molar-refractivity contribution >= 4 is 5.97 Å². The molecule has 18 heavy (non-hydrogen) atoms. The Morgan fingerprint density at radius 3 is 1.56 bits per heavy atom. The fraction of sp³-hybridized carbons (Fsp3) is 0.938. The average Bonchev–Trinajstić information content (AvgIpc) is 2.39. The Morgan fingerprint density at radius 2 is 1.17 bits per heavy atom. The molecule has 0 aliphatic heterocycles. The van der Waals surface area contributed by atoms with E-state index in [1.807, 2.05) is 0 Å². The molecule has 0 aromatic rings. The Bertz CT molecular complexity index is 195. The van der Waals surface area contributed by atoms with Gasteiger partial charge in [-0.1, -0.05) is 83.9 Å². The first kappa shape index (κ1) is 15.5. The van der Waals surface area contributed by atoms with Crippen LogP contribution in [0.3, 0.4) is 0 Å². The molecule has 0 fully saturated rings. The molecule has 108 valence electrons. The minimum absolute atomic E-state index is 0.334. The van der Waals surface area contributed by atoms with Crippen LogP contribution in [0.5, 0.6) is 0 Å². The third kappa shape index (κ3) is 15.5. The molecule has 0 unspecified atom stereocenters. The lowest BCUT2D eigenvalue weighted by atomic mass is 10.0. The zero-order valence-electron chi connectivity index (χ0n) is 13.0. The first-order chi connectivity index (χ1) is 9.27. The molecule has 0 aliphatic rings. The van der Waals surface area contributed by atoms with Crippen LogP contribution < -0.4 is 0 Å². The Labute approximate surface area is 115 Å². The van der Waals surface area contributed by atoms with Gasteiger partial charge in [-0.25, -0.2) is 0 Å². The summed E-state index contributed by atoms with van der Waals surface area (Å²) in [6.45, 7) is 0.590. The molecule has 0 saturated carbocycles. The van der Waals surface area contributed by atoms with Gasteiger partial charge in [-0.05, 0) is 6.42 Å². The maximum Gasteiger partial charge on any atom is 0.303 e. The van der Waals surface area contributed by atoms with Crippen LogP contribution >= 0.6 is 0 Å². The maximum atomic E-state index is 10.3. The zero-order valence-corrected chi connectivity index (χ0v) is 12.0. The van der Waals surface area contributed by atoms with E-state index in [2.05, 4.69) is 0 Å². The van der Waals surface area contributed by atoms with Gasteiger partial charge < -0.3 is 5.11 Å². The molecule has 0 aliphatic carbocycles. The molecule has 0 amide bonds. The first-order valence-electron chi connectivity index (χ1n) is 8.49. The van der Waals surface area contributed by atoms with Crippen LogP contribution in [0.15, 0.2) is 0 Å². The van der Waals surface area contributed by atoms with Gasteiger partial charge in [-0.3, -0.25) is 4.79 Å². The monoisotopic (exact) mass is 257 g/mol. The number of carboxylic acid groups (broad SMARTS) is 1. The lowest BCUT2D eigenvalue weighted by Crippen LogP contribution is -1.93. The van der Waals surface area contributed by atoms with E-state index in [4.69, 9.17) is 6.48 Å². The SMILES string of the molecule is [2H]CCCCCCCCCCCCCCCC(=O)O. The predicted octanol–water partition coefficient (Wildman–Crippen LogP) is 5.55. The van der Waals surface area contributed by atoms with E-state index in [0.29, 0.717) is 13.3 Å². The van der Waals surface area contributed by atoms with E-state index in [9.17, 15) is 4.79 Å². The summed E-state index contributed by atoms with van der Waals surface area (Å²) in [5.74, 6) is -0.664. The van der Waals surface area contributed by atoms with Crippen molar-refractivity contribution in [3.05, 3.63) is 0 Å². The van der Waals surface area contributed by atoms with Gasteiger partial charge in [0.25, 0.3) is 0 Å². The van der Waals surface area contributed by atoms with E-state index in [1.165, 1.54) is 64.2 Å². The number of rotatable bonds is 14. The van der Waals surface area contributed by atoms with Crippen LogP contribution in [0.25, 0.3) is 0 Å². The normalized spacial score (nSPS) is 11.4. The number of aliphatic carboxylic acids is 1. The number of unbranched alkanes of at least 4 members (excludes halogenated alkanes) is 12. The highest BCUT2D eigenvalue weighted by Gasteiger charge is 1.96. The molecule has 2 nitrogen and oxygen atoms in total. The summed E-state index contributed by atoms with van der Waals surface area (Å²) in [5, 5.41) is 8.50. The molecule has 0 radical (unpaired) electrons. The van der Waals surface area contributed by atoms with E-state index in [1.54, 1.807) is 0 Å². The van der Waals surface area contributed by atoms with Crippen molar-refractivity contribution in [2.45, 2.75) is 96.8 Å². The van der Waals surface area contributed by atoms with Crippen molar-refractivity contribution < 1.29 is 11.3 Å². The summed E-state index contributed by atoms with van der Waals surface area (Å²) in [4.78, 5) is 10.3. The van der Waals surface area contributed by atoms with Crippen molar-refractivity contribution in [3.8, 4) is 0 Å². The Hall–Kier alpha value is -0.530. The molecule has 0 rings (SSSR count). The number of carbonyl (C=O) groups is 1. The van der Waals surface area contributed by atoms with Crippen LogP contribution in [0.4, 0.5) is 0 Å². The molecule has 0 bridgehead atoms. The van der Waals surface area contributed by atoms with Crippen molar-refractivity contribution in [2.24, 2.45) is 0 Å². The molecule has 1 N–H and O–H groups in total. The Morgan fingerprint density at radius 1 is 0.778 bits per heavy atom. The summed E-state index contributed by atoms with van der Waals surface area (Å²) >= 11 is 0. The molecule has 0 saturated heterocycles. The fourth-order valence-electron chi connectivity index (χ4n) is 2.22. The van der Waals surface area contributed by atoms with Crippen molar-refractivity contribution in [2.75, 3.05) is 0 Å². The Balaban J connectivity index is 2.93. The highest BCUT2D eigenvalue weighted by Crippen LogP contribution is 2.12. The highest BCUT2D eigenvalue weighted by molar-refractivity contribution is 5.66. The minimum Gasteiger partial charge on any atom is -0.481 e. The van der Waals surface area contributed by atoms with E-state index in [0.717, 1.165) is 19.3 Å².